The van der Waals surface area contributed by atoms with E-state index in [9.17, 15) is 4.79 Å². The first-order valence-electron chi connectivity index (χ1n) is 6.40. The Morgan fingerprint density at radius 1 is 1.33 bits per heavy atom. The monoisotopic (exact) mass is 329 g/mol. The number of halogens is 2. The number of oxime groups is 1. The van der Waals surface area contributed by atoms with Gasteiger partial charge in [-0.3, -0.25) is 0 Å². The highest BCUT2D eigenvalue weighted by molar-refractivity contribution is 6.35. The Kier molecular flexibility index (Phi) is 7.26. The molecule has 0 fully saturated rings. The Hall–Kier alpha value is -1.52. The molecule has 1 rings (SSSR count). The van der Waals surface area contributed by atoms with Gasteiger partial charge in [-0.05, 0) is 44.5 Å². The molecule has 0 aromatic heterocycles. The number of benzene rings is 1. The van der Waals surface area contributed by atoms with Crippen molar-refractivity contribution in [3.05, 3.63) is 39.4 Å². The van der Waals surface area contributed by atoms with Crippen LogP contribution in [0.1, 0.15) is 26.3 Å². The van der Waals surface area contributed by atoms with Gasteiger partial charge >= 0.3 is 5.97 Å². The molecular weight excluding hydrogens is 313 g/mol. The fraction of sp³-hybridized carbons (Fsp3) is 0.333. The third-order valence-corrected chi connectivity index (χ3v) is 2.86. The van der Waals surface area contributed by atoms with E-state index >= 15 is 0 Å². The lowest BCUT2D eigenvalue weighted by Gasteiger charge is -2.07. The number of carbonyl (C=O) groups is 1. The van der Waals surface area contributed by atoms with Crippen LogP contribution >= 0.6 is 23.2 Å². The second-order valence-corrected chi connectivity index (χ2v) is 5.21. The average molecular weight is 330 g/mol. The molecule has 0 aliphatic heterocycles. The van der Waals surface area contributed by atoms with Gasteiger partial charge in [-0.1, -0.05) is 34.4 Å². The highest BCUT2D eigenvalue weighted by Crippen LogP contribution is 2.23. The Labute approximate surface area is 134 Å². The van der Waals surface area contributed by atoms with Crippen molar-refractivity contribution >= 4 is 41.0 Å². The van der Waals surface area contributed by atoms with Crippen molar-refractivity contribution in [1.82, 2.24) is 0 Å². The molecule has 0 atom stereocenters. The van der Waals surface area contributed by atoms with Crippen molar-refractivity contribution in [2.45, 2.75) is 20.8 Å². The number of carbonyl (C=O) groups excluding carboxylic acids is 1. The average Bonchev–Trinajstić information content (AvgIpc) is 2.40. The molecule has 114 valence electrons. The third-order valence-electron chi connectivity index (χ3n) is 2.30. The summed E-state index contributed by atoms with van der Waals surface area (Å²) in [6.07, 6.45) is 1.61. The Balaban J connectivity index is 3.01. The Morgan fingerprint density at radius 2 is 2.05 bits per heavy atom. The van der Waals surface area contributed by atoms with Gasteiger partial charge in [0.2, 0.25) is 0 Å². The summed E-state index contributed by atoms with van der Waals surface area (Å²) in [6.45, 7) is 5.61. The van der Waals surface area contributed by atoms with Crippen LogP contribution in [0.15, 0.2) is 28.9 Å². The van der Waals surface area contributed by atoms with Crippen molar-refractivity contribution in [2.75, 3.05) is 13.2 Å². The van der Waals surface area contributed by atoms with Crippen LogP contribution < -0.4 is 0 Å². The molecule has 1 aromatic carbocycles. The van der Waals surface area contributed by atoms with Gasteiger partial charge in [-0.25, -0.2) is 4.79 Å². The quantitative estimate of drug-likeness (QED) is 0.337. The van der Waals surface area contributed by atoms with Gasteiger partial charge in [0.25, 0.3) is 0 Å². The summed E-state index contributed by atoms with van der Waals surface area (Å²) in [5.41, 5.74) is 1.73. The zero-order valence-corrected chi connectivity index (χ0v) is 13.7. The summed E-state index contributed by atoms with van der Waals surface area (Å²) in [6, 6.07) is 5.02. The first kappa shape index (κ1) is 17.5. The number of rotatable bonds is 6. The van der Waals surface area contributed by atoms with Gasteiger partial charge < -0.3 is 9.57 Å². The maximum absolute atomic E-state index is 11.9. The molecule has 0 aliphatic rings. The van der Waals surface area contributed by atoms with Crippen LogP contribution in [0.5, 0.6) is 0 Å². The predicted octanol–water partition coefficient (Wildman–Crippen LogP) is 4.35. The van der Waals surface area contributed by atoms with Crippen LogP contribution in [0.25, 0.3) is 6.08 Å². The summed E-state index contributed by atoms with van der Waals surface area (Å²) in [7, 11) is 0. The molecule has 0 saturated carbocycles. The number of hydrogen-bond acceptors (Lipinski definition) is 4. The SMILES string of the molecule is CCOC(=O)/C(=C\c1ccc(Cl)cc1Cl)CON=C(C)C. The van der Waals surface area contributed by atoms with E-state index in [1.165, 1.54) is 0 Å². The van der Waals surface area contributed by atoms with Crippen LogP contribution in [-0.4, -0.2) is 24.9 Å². The minimum atomic E-state index is -0.465. The Morgan fingerprint density at radius 3 is 2.62 bits per heavy atom. The molecule has 4 nitrogen and oxygen atoms in total. The lowest BCUT2D eigenvalue weighted by Crippen LogP contribution is -2.12. The van der Waals surface area contributed by atoms with Gasteiger partial charge in [0.1, 0.15) is 6.61 Å². The fourth-order valence-electron chi connectivity index (χ4n) is 1.42. The second-order valence-electron chi connectivity index (χ2n) is 4.37. The minimum absolute atomic E-state index is 0.00295. The minimum Gasteiger partial charge on any atom is -0.463 e. The molecule has 0 bridgehead atoms. The maximum atomic E-state index is 11.9. The molecule has 1 aromatic rings. The molecule has 0 N–H and O–H groups in total. The van der Waals surface area contributed by atoms with E-state index in [2.05, 4.69) is 5.16 Å². The molecule has 0 radical (unpaired) electrons. The Bertz CT molecular complexity index is 564. The van der Waals surface area contributed by atoms with E-state index in [1.54, 1.807) is 45.0 Å². The largest absolute Gasteiger partial charge is 0.463 e. The van der Waals surface area contributed by atoms with Crippen molar-refractivity contribution in [3.63, 3.8) is 0 Å². The lowest BCUT2D eigenvalue weighted by molar-refractivity contribution is -0.139. The molecule has 0 saturated heterocycles. The number of nitrogens with zero attached hydrogens (tertiary/aromatic N) is 1. The van der Waals surface area contributed by atoms with E-state index in [4.69, 9.17) is 32.8 Å². The first-order chi connectivity index (χ1) is 9.93. The van der Waals surface area contributed by atoms with E-state index in [1.807, 2.05) is 0 Å². The standard InChI is InChI=1S/C15H17Cl2NO3/c1-4-20-15(19)12(9-21-18-10(2)3)7-11-5-6-13(16)8-14(11)17/h5-8H,4,9H2,1-3H3/b12-7-. The summed E-state index contributed by atoms with van der Waals surface area (Å²) in [5, 5.41) is 4.77. The molecule has 0 aliphatic carbocycles. The molecular formula is C15H17Cl2NO3. The topological polar surface area (TPSA) is 47.9 Å². The van der Waals surface area contributed by atoms with Gasteiger partial charge in [0.15, 0.2) is 0 Å². The summed E-state index contributed by atoms with van der Waals surface area (Å²) < 4.78 is 4.99. The van der Waals surface area contributed by atoms with Gasteiger partial charge in [0, 0.05) is 10.0 Å². The van der Waals surface area contributed by atoms with Crippen LogP contribution in [0.4, 0.5) is 0 Å². The molecule has 21 heavy (non-hydrogen) atoms. The van der Waals surface area contributed by atoms with E-state index in [-0.39, 0.29) is 13.2 Å². The number of esters is 1. The fourth-order valence-corrected chi connectivity index (χ4v) is 1.88. The summed E-state index contributed by atoms with van der Waals surface area (Å²) in [4.78, 5) is 17.0. The van der Waals surface area contributed by atoms with Crippen LogP contribution in [0, 0.1) is 0 Å². The smallest absolute Gasteiger partial charge is 0.337 e. The van der Waals surface area contributed by atoms with Crippen molar-refractivity contribution < 1.29 is 14.4 Å². The first-order valence-corrected chi connectivity index (χ1v) is 7.15. The van der Waals surface area contributed by atoms with Gasteiger partial charge in [-0.2, -0.15) is 0 Å². The second kappa shape index (κ2) is 8.70. The zero-order chi connectivity index (χ0) is 15.8. The van der Waals surface area contributed by atoms with Crippen molar-refractivity contribution in [1.29, 1.82) is 0 Å². The van der Waals surface area contributed by atoms with E-state index < -0.39 is 5.97 Å². The summed E-state index contributed by atoms with van der Waals surface area (Å²) >= 11 is 11.9. The summed E-state index contributed by atoms with van der Waals surface area (Å²) in [5.74, 6) is -0.465. The molecule has 0 spiro atoms. The van der Waals surface area contributed by atoms with Crippen molar-refractivity contribution in [2.24, 2.45) is 5.16 Å². The number of hydrogen-bond donors (Lipinski definition) is 0. The van der Waals surface area contributed by atoms with E-state index in [0.29, 0.717) is 21.2 Å². The van der Waals surface area contributed by atoms with Crippen LogP contribution in [-0.2, 0) is 14.4 Å². The lowest BCUT2D eigenvalue weighted by atomic mass is 10.1. The maximum Gasteiger partial charge on any atom is 0.337 e. The third kappa shape index (κ3) is 6.19. The normalized spacial score (nSPS) is 11.0. The molecule has 6 heteroatoms. The highest BCUT2D eigenvalue weighted by atomic mass is 35.5. The highest BCUT2D eigenvalue weighted by Gasteiger charge is 2.13. The van der Waals surface area contributed by atoms with Gasteiger partial charge in [0.05, 0.1) is 17.9 Å². The number of ether oxygens (including phenoxy) is 1. The molecule has 0 heterocycles. The van der Waals surface area contributed by atoms with Crippen LogP contribution in [0.3, 0.4) is 0 Å². The zero-order valence-electron chi connectivity index (χ0n) is 12.2. The molecule has 0 amide bonds. The van der Waals surface area contributed by atoms with Crippen molar-refractivity contribution in [3.8, 4) is 0 Å². The predicted molar refractivity (Wildman–Crippen MR) is 85.8 cm³/mol. The van der Waals surface area contributed by atoms with Gasteiger partial charge in [-0.15, -0.1) is 0 Å². The van der Waals surface area contributed by atoms with Crippen LogP contribution in [0.2, 0.25) is 10.0 Å². The molecule has 0 unspecified atom stereocenters. The van der Waals surface area contributed by atoms with E-state index in [0.717, 1.165) is 5.71 Å².